The van der Waals surface area contributed by atoms with E-state index < -0.39 is 0 Å². The molecule has 2 nitrogen and oxygen atoms in total. The van der Waals surface area contributed by atoms with Gasteiger partial charge in [0.05, 0.1) is 16.7 Å². The Morgan fingerprint density at radius 2 is 1.42 bits per heavy atom. The molecule has 0 saturated heterocycles. The van der Waals surface area contributed by atoms with Gasteiger partial charge in [0, 0.05) is 22.1 Å². The number of aromatic nitrogens is 1. The number of nitrogens with zero attached hydrogens (tertiary/aromatic N) is 1. The summed E-state index contributed by atoms with van der Waals surface area (Å²) in [6, 6.07) is 20.9. The maximum absolute atomic E-state index is 11.0. The Kier molecular flexibility index (Phi) is 4.00. The summed E-state index contributed by atoms with van der Waals surface area (Å²) < 4.78 is 2.17. The Labute approximate surface area is 159 Å². The molecule has 0 aliphatic carbocycles. The SMILES string of the molecule is CC(C)(C)c1cc(CS)c(O)c(-n2c3ccccc3c3ccccc32)c1. The average Bonchev–Trinajstić information content (AvgIpc) is 2.95. The number of hydrogen-bond acceptors (Lipinski definition) is 2. The summed E-state index contributed by atoms with van der Waals surface area (Å²) in [4.78, 5) is 0. The van der Waals surface area contributed by atoms with Gasteiger partial charge in [-0.3, -0.25) is 0 Å². The molecular formula is C23H23NOS. The number of rotatable bonds is 2. The normalized spacial score (nSPS) is 12.2. The Hall–Kier alpha value is -2.39. The third-order valence-electron chi connectivity index (χ3n) is 5.03. The van der Waals surface area contributed by atoms with Crippen LogP contribution >= 0.6 is 12.6 Å². The summed E-state index contributed by atoms with van der Waals surface area (Å²) in [5, 5.41) is 13.4. The molecule has 0 amide bonds. The maximum atomic E-state index is 11.0. The fraction of sp³-hybridized carbons (Fsp3) is 0.217. The van der Waals surface area contributed by atoms with Crippen molar-refractivity contribution in [1.29, 1.82) is 0 Å². The largest absolute Gasteiger partial charge is 0.505 e. The number of para-hydroxylation sites is 2. The van der Waals surface area contributed by atoms with Crippen molar-refractivity contribution < 1.29 is 5.11 Å². The lowest BCUT2D eigenvalue weighted by atomic mass is 9.85. The summed E-state index contributed by atoms with van der Waals surface area (Å²) in [6.07, 6.45) is 0. The van der Waals surface area contributed by atoms with Crippen molar-refractivity contribution in [1.82, 2.24) is 4.57 Å². The van der Waals surface area contributed by atoms with Crippen molar-refractivity contribution in [2.75, 3.05) is 0 Å². The highest BCUT2D eigenvalue weighted by Gasteiger charge is 2.21. The van der Waals surface area contributed by atoms with Gasteiger partial charge < -0.3 is 9.67 Å². The Morgan fingerprint density at radius 1 is 0.885 bits per heavy atom. The zero-order valence-electron chi connectivity index (χ0n) is 15.3. The standard InChI is InChI=1S/C23H23NOS/c1-23(2,3)16-12-15(14-26)22(25)21(13-16)24-19-10-6-4-8-17(19)18-9-5-7-11-20(18)24/h4-13,25-26H,14H2,1-3H3. The first-order chi connectivity index (χ1) is 12.4. The molecule has 1 heterocycles. The lowest BCUT2D eigenvalue weighted by Gasteiger charge is -2.23. The highest BCUT2D eigenvalue weighted by molar-refractivity contribution is 7.79. The van der Waals surface area contributed by atoms with Crippen LogP contribution in [0.4, 0.5) is 0 Å². The molecule has 0 unspecified atom stereocenters. The number of phenolic OH excluding ortho intramolecular Hbond substituents is 1. The minimum Gasteiger partial charge on any atom is -0.505 e. The number of fused-ring (bicyclic) bond motifs is 3. The molecule has 0 atom stereocenters. The fourth-order valence-electron chi connectivity index (χ4n) is 3.58. The van der Waals surface area contributed by atoms with Crippen molar-refractivity contribution in [3.8, 4) is 11.4 Å². The minimum absolute atomic E-state index is 0.0150. The van der Waals surface area contributed by atoms with E-state index in [0.717, 1.165) is 22.3 Å². The molecule has 3 aromatic carbocycles. The first-order valence-corrected chi connectivity index (χ1v) is 9.51. The van der Waals surface area contributed by atoms with Crippen LogP contribution in [-0.2, 0) is 11.2 Å². The second kappa shape index (κ2) is 6.10. The molecule has 3 heteroatoms. The Balaban J connectivity index is 2.16. The van der Waals surface area contributed by atoms with Gasteiger partial charge >= 0.3 is 0 Å². The monoisotopic (exact) mass is 361 g/mol. The van der Waals surface area contributed by atoms with Crippen LogP contribution < -0.4 is 0 Å². The summed E-state index contributed by atoms with van der Waals surface area (Å²) in [5.41, 5.74) is 5.05. The summed E-state index contributed by atoms with van der Waals surface area (Å²) in [7, 11) is 0. The third-order valence-corrected chi connectivity index (χ3v) is 5.37. The molecular weight excluding hydrogens is 338 g/mol. The predicted octanol–water partition coefficient (Wildman–Crippen LogP) is 6.22. The summed E-state index contributed by atoms with van der Waals surface area (Å²) in [6.45, 7) is 6.58. The second-order valence-corrected chi connectivity index (χ2v) is 8.10. The van der Waals surface area contributed by atoms with Gasteiger partial charge in [0.2, 0.25) is 0 Å². The second-order valence-electron chi connectivity index (χ2n) is 7.78. The van der Waals surface area contributed by atoms with Gasteiger partial charge in [-0.15, -0.1) is 0 Å². The molecule has 0 radical (unpaired) electrons. The van der Waals surface area contributed by atoms with Crippen LogP contribution in [0.3, 0.4) is 0 Å². The van der Waals surface area contributed by atoms with Crippen LogP contribution in [0, 0.1) is 0 Å². The Morgan fingerprint density at radius 3 is 1.92 bits per heavy atom. The van der Waals surface area contributed by atoms with E-state index in [2.05, 4.69) is 86.5 Å². The van der Waals surface area contributed by atoms with Crippen molar-refractivity contribution in [3.05, 3.63) is 71.8 Å². The molecule has 132 valence electrons. The lowest BCUT2D eigenvalue weighted by molar-refractivity contribution is 0.467. The summed E-state index contributed by atoms with van der Waals surface area (Å²) in [5.74, 6) is 0.805. The minimum atomic E-state index is -0.0150. The molecule has 0 aliphatic rings. The molecule has 1 aromatic heterocycles. The average molecular weight is 362 g/mol. The molecule has 0 bridgehead atoms. The smallest absolute Gasteiger partial charge is 0.143 e. The summed E-state index contributed by atoms with van der Waals surface area (Å²) >= 11 is 4.45. The van der Waals surface area contributed by atoms with Gasteiger partial charge in [-0.1, -0.05) is 63.2 Å². The van der Waals surface area contributed by atoms with Crippen molar-refractivity contribution in [2.45, 2.75) is 31.9 Å². The van der Waals surface area contributed by atoms with Gasteiger partial charge in [-0.05, 0) is 29.2 Å². The first-order valence-electron chi connectivity index (χ1n) is 8.87. The quantitative estimate of drug-likeness (QED) is 0.407. The van der Waals surface area contributed by atoms with E-state index in [1.165, 1.54) is 16.3 Å². The molecule has 4 aromatic rings. The topological polar surface area (TPSA) is 25.2 Å². The van der Waals surface area contributed by atoms with Gasteiger partial charge in [0.15, 0.2) is 0 Å². The maximum Gasteiger partial charge on any atom is 0.143 e. The molecule has 0 fully saturated rings. The van der Waals surface area contributed by atoms with Crippen molar-refractivity contribution >= 4 is 34.4 Å². The van der Waals surface area contributed by atoms with Gasteiger partial charge in [0.25, 0.3) is 0 Å². The van der Waals surface area contributed by atoms with Gasteiger partial charge in [-0.25, -0.2) is 0 Å². The van der Waals surface area contributed by atoms with Gasteiger partial charge in [-0.2, -0.15) is 12.6 Å². The van der Waals surface area contributed by atoms with Gasteiger partial charge in [0.1, 0.15) is 5.75 Å². The number of phenols is 1. The van der Waals surface area contributed by atoms with E-state index in [9.17, 15) is 5.11 Å². The number of benzene rings is 3. The van der Waals surface area contributed by atoms with E-state index in [1.807, 2.05) is 12.1 Å². The first kappa shape index (κ1) is 17.0. The van der Waals surface area contributed by atoms with E-state index in [0.29, 0.717) is 11.5 Å². The Bertz CT molecular complexity index is 1070. The van der Waals surface area contributed by atoms with E-state index in [4.69, 9.17) is 0 Å². The third kappa shape index (κ3) is 2.58. The predicted molar refractivity (Wildman–Crippen MR) is 114 cm³/mol. The zero-order chi connectivity index (χ0) is 18.5. The molecule has 0 aliphatic heterocycles. The molecule has 26 heavy (non-hydrogen) atoms. The highest BCUT2D eigenvalue weighted by atomic mass is 32.1. The molecule has 0 spiro atoms. The molecule has 0 saturated carbocycles. The molecule has 1 N–H and O–H groups in total. The number of thiol groups is 1. The highest BCUT2D eigenvalue weighted by Crippen LogP contribution is 2.39. The zero-order valence-corrected chi connectivity index (χ0v) is 16.2. The van der Waals surface area contributed by atoms with E-state index in [1.54, 1.807) is 0 Å². The van der Waals surface area contributed by atoms with Crippen LogP contribution in [0.1, 0.15) is 31.9 Å². The van der Waals surface area contributed by atoms with E-state index in [-0.39, 0.29) is 5.41 Å². The lowest BCUT2D eigenvalue weighted by Crippen LogP contribution is -2.12. The number of aromatic hydroxyl groups is 1. The van der Waals surface area contributed by atoms with Crippen molar-refractivity contribution in [3.63, 3.8) is 0 Å². The number of hydrogen-bond donors (Lipinski definition) is 2. The van der Waals surface area contributed by atoms with Crippen LogP contribution in [0.15, 0.2) is 60.7 Å². The van der Waals surface area contributed by atoms with Crippen LogP contribution in [0.5, 0.6) is 5.75 Å². The van der Waals surface area contributed by atoms with Crippen LogP contribution in [0.2, 0.25) is 0 Å². The van der Waals surface area contributed by atoms with Crippen LogP contribution in [0.25, 0.3) is 27.5 Å². The fourth-order valence-corrected chi connectivity index (χ4v) is 3.83. The van der Waals surface area contributed by atoms with E-state index >= 15 is 0 Å². The van der Waals surface area contributed by atoms with Crippen molar-refractivity contribution in [2.24, 2.45) is 0 Å². The van der Waals surface area contributed by atoms with Crippen LogP contribution in [-0.4, -0.2) is 9.67 Å². The molecule has 4 rings (SSSR count).